The number of primary amides is 1. The number of para-hydroxylation sites is 2. The number of nitrogens with two attached hydrogens (primary N) is 1. The van der Waals surface area contributed by atoms with Gasteiger partial charge in [-0.25, -0.2) is 19.9 Å². The van der Waals surface area contributed by atoms with Crippen LogP contribution in [0.25, 0.3) is 27.9 Å². The van der Waals surface area contributed by atoms with Gasteiger partial charge in [0, 0.05) is 5.69 Å². The van der Waals surface area contributed by atoms with E-state index in [1.165, 1.54) is 6.33 Å². The number of benzene rings is 2. The number of nitrogens with zero attached hydrogens (tertiary/aromatic N) is 5. The summed E-state index contributed by atoms with van der Waals surface area (Å²) in [5, 5.41) is 3.37. The lowest BCUT2D eigenvalue weighted by Gasteiger charge is -2.17. The zero-order valence-corrected chi connectivity index (χ0v) is 16.1. The van der Waals surface area contributed by atoms with Crippen molar-refractivity contribution in [3.05, 3.63) is 72.6 Å². The Kier molecular flexibility index (Phi) is 4.13. The zero-order chi connectivity index (χ0) is 20.7. The molecule has 5 rings (SSSR count). The quantitative estimate of drug-likeness (QED) is 0.418. The molecule has 3 heterocycles. The van der Waals surface area contributed by atoms with Gasteiger partial charge < -0.3 is 16.0 Å². The Hall–Kier alpha value is -4.27. The number of carbonyl (C=O) groups is 1. The van der Waals surface area contributed by atoms with E-state index in [0.29, 0.717) is 39.4 Å². The molecule has 3 aromatic heterocycles. The molecule has 2 aromatic carbocycles. The summed E-state index contributed by atoms with van der Waals surface area (Å²) in [5.74, 6) is 0.807. The lowest BCUT2D eigenvalue weighted by atomic mass is 10.1. The number of aromatic amines is 1. The highest BCUT2D eigenvalue weighted by molar-refractivity contribution is 6.04. The molecule has 9 nitrogen and oxygen atoms in total. The van der Waals surface area contributed by atoms with Crippen molar-refractivity contribution >= 4 is 33.9 Å². The minimum atomic E-state index is -0.501. The van der Waals surface area contributed by atoms with Crippen LogP contribution in [0.5, 0.6) is 0 Å². The Labute approximate surface area is 171 Å². The van der Waals surface area contributed by atoms with E-state index in [0.717, 1.165) is 5.69 Å². The monoisotopic (exact) mass is 398 g/mol. The van der Waals surface area contributed by atoms with Gasteiger partial charge in [-0.2, -0.15) is 0 Å². The summed E-state index contributed by atoms with van der Waals surface area (Å²) < 4.78 is 1.95. The van der Waals surface area contributed by atoms with Gasteiger partial charge >= 0.3 is 0 Å². The summed E-state index contributed by atoms with van der Waals surface area (Å²) in [6.45, 7) is 1.98. The van der Waals surface area contributed by atoms with E-state index in [4.69, 9.17) is 10.7 Å². The predicted molar refractivity (Wildman–Crippen MR) is 113 cm³/mol. The number of anilines is 1. The molecular weight excluding hydrogens is 380 g/mol. The number of H-pyrrole nitrogens is 1. The molecule has 4 N–H and O–H groups in total. The van der Waals surface area contributed by atoms with Crippen LogP contribution in [0.2, 0.25) is 0 Å². The normalized spacial score (nSPS) is 12.3. The third kappa shape index (κ3) is 2.84. The van der Waals surface area contributed by atoms with E-state index in [1.54, 1.807) is 18.5 Å². The van der Waals surface area contributed by atoms with Crippen LogP contribution < -0.4 is 11.1 Å². The number of amides is 1. The molecule has 1 amide bonds. The van der Waals surface area contributed by atoms with Crippen LogP contribution in [-0.4, -0.2) is 35.4 Å². The summed E-state index contributed by atoms with van der Waals surface area (Å²) in [6.07, 6.45) is 3.05. The van der Waals surface area contributed by atoms with Crippen LogP contribution in [0, 0.1) is 0 Å². The Morgan fingerprint density at radius 2 is 1.93 bits per heavy atom. The number of fused-ring (bicyclic) bond motifs is 2. The first-order valence-corrected chi connectivity index (χ1v) is 9.40. The molecule has 0 saturated carbocycles. The third-order valence-electron chi connectivity index (χ3n) is 4.94. The molecule has 30 heavy (non-hydrogen) atoms. The number of rotatable bonds is 5. The second-order valence-electron chi connectivity index (χ2n) is 6.87. The highest BCUT2D eigenvalue weighted by Gasteiger charge is 2.22. The molecule has 148 valence electrons. The number of hydrogen-bond donors (Lipinski definition) is 3. The van der Waals surface area contributed by atoms with Crippen molar-refractivity contribution in [1.29, 1.82) is 0 Å². The van der Waals surface area contributed by atoms with E-state index < -0.39 is 5.91 Å². The summed E-state index contributed by atoms with van der Waals surface area (Å²) in [5.41, 5.74) is 9.61. The molecule has 0 unspecified atom stereocenters. The van der Waals surface area contributed by atoms with Crippen LogP contribution in [0.3, 0.4) is 0 Å². The Balaban J connectivity index is 1.69. The highest BCUT2D eigenvalue weighted by atomic mass is 16.1. The lowest BCUT2D eigenvalue weighted by molar-refractivity contribution is 0.100. The van der Waals surface area contributed by atoms with Crippen molar-refractivity contribution in [3.63, 3.8) is 0 Å². The van der Waals surface area contributed by atoms with Crippen molar-refractivity contribution in [1.82, 2.24) is 29.5 Å². The number of hydrogen-bond acceptors (Lipinski definition) is 6. The van der Waals surface area contributed by atoms with Gasteiger partial charge in [0.1, 0.15) is 17.7 Å². The molecule has 0 saturated heterocycles. The van der Waals surface area contributed by atoms with E-state index in [9.17, 15) is 4.79 Å². The maximum Gasteiger partial charge on any atom is 0.250 e. The minimum absolute atomic E-state index is 0.256. The summed E-state index contributed by atoms with van der Waals surface area (Å²) in [4.78, 5) is 32.7. The van der Waals surface area contributed by atoms with Gasteiger partial charge in [-0.15, -0.1) is 0 Å². The van der Waals surface area contributed by atoms with Crippen molar-refractivity contribution in [3.8, 4) is 5.69 Å². The average Bonchev–Trinajstić information content (AvgIpc) is 3.39. The van der Waals surface area contributed by atoms with Gasteiger partial charge in [0.2, 0.25) is 0 Å². The molecule has 0 aliphatic carbocycles. The Morgan fingerprint density at radius 3 is 2.73 bits per heavy atom. The first-order chi connectivity index (χ1) is 14.6. The van der Waals surface area contributed by atoms with Gasteiger partial charge in [-0.1, -0.05) is 24.3 Å². The van der Waals surface area contributed by atoms with Crippen molar-refractivity contribution in [2.75, 3.05) is 5.32 Å². The second-order valence-corrected chi connectivity index (χ2v) is 6.87. The fraction of sp³-hybridized carbons (Fsp3) is 0.0952. The van der Waals surface area contributed by atoms with E-state index in [2.05, 4.69) is 25.3 Å². The maximum absolute atomic E-state index is 12.1. The largest absolute Gasteiger partial charge is 0.366 e. The first-order valence-electron chi connectivity index (χ1n) is 9.40. The fourth-order valence-corrected chi connectivity index (χ4v) is 3.61. The van der Waals surface area contributed by atoms with Crippen molar-refractivity contribution < 1.29 is 4.79 Å². The second kappa shape index (κ2) is 6.96. The summed E-state index contributed by atoms with van der Waals surface area (Å²) in [6, 6.07) is 14.9. The Morgan fingerprint density at radius 1 is 1.10 bits per heavy atom. The smallest absolute Gasteiger partial charge is 0.250 e. The predicted octanol–water partition coefficient (Wildman–Crippen LogP) is 2.96. The van der Waals surface area contributed by atoms with Gasteiger partial charge in [0.15, 0.2) is 11.5 Å². The minimum Gasteiger partial charge on any atom is -0.366 e. The fourth-order valence-electron chi connectivity index (χ4n) is 3.61. The van der Waals surface area contributed by atoms with Crippen LogP contribution in [0.1, 0.15) is 29.1 Å². The molecule has 0 fully saturated rings. The highest BCUT2D eigenvalue weighted by Crippen LogP contribution is 2.30. The molecule has 0 aliphatic rings. The average molecular weight is 398 g/mol. The first kappa shape index (κ1) is 17.8. The molecule has 0 bridgehead atoms. The summed E-state index contributed by atoms with van der Waals surface area (Å²) >= 11 is 0. The van der Waals surface area contributed by atoms with E-state index >= 15 is 0 Å². The molecular formula is C21H18N8O. The van der Waals surface area contributed by atoms with Crippen LogP contribution in [0.4, 0.5) is 5.82 Å². The van der Waals surface area contributed by atoms with E-state index in [-0.39, 0.29) is 6.04 Å². The van der Waals surface area contributed by atoms with E-state index in [1.807, 2.05) is 47.9 Å². The maximum atomic E-state index is 12.1. The van der Waals surface area contributed by atoms with Crippen molar-refractivity contribution in [2.24, 2.45) is 5.73 Å². The Bertz CT molecular complexity index is 1370. The third-order valence-corrected chi connectivity index (χ3v) is 4.94. The number of carbonyl (C=O) groups excluding carboxylic acids is 1. The molecule has 5 aromatic rings. The van der Waals surface area contributed by atoms with Gasteiger partial charge in [0.25, 0.3) is 5.91 Å². The number of aromatic nitrogens is 6. The van der Waals surface area contributed by atoms with Crippen molar-refractivity contribution in [2.45, 2.75) is 13.0 Å². The summed E-state index contributed by atoms with van der Waals surface area (Å²) in [7, 11) is 0. The van der Waals surface area contributed by atoms with Gasteiger partial charge in [0.05, 0.1) is 29.0 Å². The SMILES string of the molecule is C[C@H](Nc1ncnc2[nH]cnc12)c1nc2cccc(C(N)=O)c2n1-c1ccccc1. The zero-order valence-electron chi connectivity index (χ0n) is 16.1. The lowest BCUT2D eigenvalue weighted by Crippen LogP contribution is -2.16. The standard InChI is InChI=1S/C21H18N8O/c1-12(27-20-16-19(24-10-23-16)25-11-26-20)21-28-15-9-5-8-14(18(22)30)17(15)29(21)13-6-3-2-4-7-13/h2-12H,1H3,(H2,22,30)(H2,23,24,25,26,27)/t12-/m0/s1. The van der Waals surface area contributed by atoms with Gasteiger partial charge in [-0.3, -0.25) is 9.36 Å². The number of nitrogens with one attached hydrogen (secondary N) is 2. The molecule has 0 radical (unpaired) electrons. The molecule has 0 aliphatic heterocycles. The topological polar surface area (TPSA) is 127 Å². The number of imidazole rings is 2. The molecule has 0 spiro atoms. The molecule has 9 heteroatoms. The van der Waals surface area contributed by atoms with Crippen LogP contribution in [0.15, 0.2) is 61.2 Å². The van der Waals surface area contributed by atoms with Crippen LogP contribution in [-0.2, 0) is 0 Å². The molecule has 1 atom stereocenters. The van der Waals surface area contributed by atoms with Gasteiger partial charge in [-0.05, 0) is 31.2 Å². The van der Waals surface area contributed by atoms with Crippen LogP contribution >= 0.6 is 0 Å².